The number of hydrogen-bond acceptors (Lipinski definition) is 4. The first-order valence-corrected chi connectivity index (χ1v) is 6.33. The second-order valence-electron chi connectivity index (χ2n) is 4.89. The third-order valence-corrected chi connectivity index (χ3v) is 3.31. The smallest absolute Gasteiger partial charge is 0.154 e. The van der Waals surface area contributed by atoms with Crippen LogP contribution < -0.4 is 5.32 Å². The molecule has 0 bridgehead atoms. The number of nitrogens with zero attached hydrogens (tertiary/aromatic N) is 4. The molecule has 0 radical (unpaired) electrons. The molecule has 3 heterocycles. The zero-order valence-electron chi connectivity index (χ0n) is 10.7. The van der Waals surface area contributed by atoms with Crippen molar-refractivity contribution < 1.29 is 0 Å². The van der Waals surface area contributed by atoms with Gasteiger partial charge in [-0.2, -0.15) is 0 Å². The van der Waals surface area contributed by atoms with Gasteiger partial charge in [0.15, 0.2) is 5.82 Å². The van der Waals surface area contributed by atoms with E-state index in [1.165, 1.54) is 5.56 Å². The van der Waals surface area contributed by atoms with Crippen molar-refractivity contribution in [3.63, 3.8) is 0 Å². The zero-order chi connectivity index (χ0) is 12.5. The Morgan fingerprint density at radius 2 is 2.06 bits per heavy atom. The summed E-state index contributed by atoms with van der Waals surface area (Å²) in [6.45, 7) is 6.19. The first kappa shape index (κ1) is 11.3. The van der Waals surface area contributed by atoms with Crippen LogP contribution >= 0.6 is 0 Å². The summed E-state index contributed by atoms with van der Waals surface area (Å²) in [7, 11) is 0. The topological polar surface area (TPSA) is 55.6 Å². The van der Waals surface area contributed by atoms with E-state index >= 15 is 0 Å². The van der Waals surface area contributed by atoms with Crippen molar-refractivity contribution in [3.8, 4) is 0 Å². The van der Waals surface area contributed by atoms with Crippen molar-refractivity contribution in [2.45, 2.75) is 32.4 Å². The number of rotatable bonds is 2. The van der Waals surface area contributed by atoms with Gasteiger partial charge in [0.1, 0.15) is 5.82 Å². The number of nitrogens with one attached hydrogen (secondary N) is 1. The Kier molecular flexibility index (Phi) is 2.83. The number of hydrogen-bond donors (Lipinski definition) is 1. The highest BCUT2D eigenvalue weighted by Gasteiger charge is 2.26. The standard InChI is InChI=1S/C13H17N5/c1-9(2)12-16-17-13-11(15-7-8-18(12)13)10-3-5-14-6-4-10/h3-6,9,11,15H,7-8H2,1-2H3. The maximum atomic E-state index is 4.37. The van der Waals surface area contributed by atoms with Crippen molar-refractivity contribution in [3.05, 3.63) is 41.7 Å². The van der Waals surface area contributed by atoms with Crippen molar-refractivity contribution in [1.82, 2.24) is 25.1 Å². The Balaban J connectivity index is 2.03. The largest absolute Gasteiger partial charge is 0.312 e. The van der Waals surface area contributed by atoms with Crippen LogP contribution in [-0.2, 0) is 6.54 Å². The van der Waals surface area contributed by atoms with Crippen LogP contribution in [0.3, 0.4) is 0 Å². The highest BCUT2D eigenvalue weighted by molar-refractivity contribution is 5.24. The lowest BCUT2D eigenvalue weighted by Gasteiger charge is -2.25. The van der Waals surface area contributed by atoms with E-state index < -0.39 is 0 Å². The molecule has 0 saturated carbocycles. The lowest BCUT2D eigenvalue weighted by molar-refractivity contribution is 0.443. The van der Waals surface area contributed by atoms with Crippen LogP contribution in [0.2, 0.25) is 0 Å². The van der Waals surface area contributed by atoms with Gasteiger partial charge < -0.3 is 9.88 Å². The fourth-order valence-corrected chi connectivity index (χ4v) is 2.43. The molecule has 3 rings (SSSR count). The monoisotopic (exact) mass is 243 g/mol. The SMILES string of the molecule is CC(C)c1nnc2n1CCNC2c1ccncc1. The maximum Gasteiger partial charge on any atom is 0.154 e. The van der Waals surface area contributed by atoms with Gasteiger partial charge in [-0.25, -0.2) is 0 Å². The molecular weight excluding hydrogens is 226 g/mol. The summed E-state index contributed by atoms with van der Waals surface area (Å²) >= 11 is 0. The van der Waals surface area contributed by atoms with Gasteiger partial charge in [0.05, 0.1) is 6.04 Å². The van der Waals surface area contributed by atoms with E-state index in [1.54, 1.807) is 0 Å². The van der Waals surface area contributed by atoms with Crippen molar-refractivity contribution >= 4 is 0 Å². The Bertz CT molecular complexity index is 532. The summed E-state index contributed by atoms with van der Waals surface area (Å²) in [5.74, 6) is 2.49. The van der Waals surface area contributed by atoms with Gasteiger partial charge >= 0.3 is 0 Å². The highest BCUT2D eigenvalue weighted by Crippen LogP contribution is 2.25. The van der Waals surface area contributed by atoms with E-state index in [1.807, 2.05) is 24.5 Å². The molecule has 0 fully saturated rings. The molecule has 0 spiro atoms. The Morgan fingerprint density at radius 3 is 2.78 bits per heavy atom. The van der Waals surface area contributed by atoms with Crippen LogP contribution in [0.5, 0.6) is 0 Å². The average Bonchev–Trinajstić information content (AvgIpc) is 2.83. The Hall–Kier alpha value is -1.75. The average molecular weight is 243 g/mol. The molecule has 0 aliphatic carbocycles. The van der Waals surface area contributed by atoms with Crippen LogP contribution in [0.1, 0.15) is 43.0 Å². The molecule has 0 saturated heterocycles. The summed E-state index contributed by atoms with van der Waals surface area (Å²) in [5, 5.41) is 12.2. The van der Waals surface area contributed by atoms with E-state index in [0.29, 0.717) is 5.92 Å². The van der Waals surface area contributed by atoms with Crippen molar-refractivity contribution in [2.75, 3.05) is 6.54 Å². The minimum absolute atomic E-state index is 0.127. The third kappa shape index (κ3) is 1.80. The fraction of sp³-hybridized carbons (Fsp3) is 0.462. The second-order valence-corrected chi connectivity index (χ2v) is 4.89. The molecule has 1 unspecified atom stereocenters. The molecule has 18 heavy (non-hydrogen) atoms. The summed E-state index contributed by atoms with van der Waals surface area (Å²) < 4.78 is 2.24. The van der Waals surface area contributed by atoms with Crippen molar-refractivity contribution in [2.24, 2.45) is 0 Å². The number of aromatic nitrogens is 4. The van der Waals surface area contributed by atoms with Gasteiger partial charge in [0.2, 0.25) is 0 Å². The van der Waals surface area contributed by atoms with Gasteiger partial charge in [-0.15, -0.1) is 10.2 Å². The van der Waals surface area contributed by atoms with Crippen LogP contribution in [0.4, 0.5) is 0 Å². The summed E-state index contributed by atoms with van der Waals surface area (Å²) in [4.78, 5) is 4.06. The summed E-state index contributed by atoms with van der Waals surface area (Å²) in [6.07, 6.45) is 3.63. The normalized spacial score (nSPS) is 18.9. The molecule has 1 atom stereocenters. The molecule has 1 N–H and O–H groups in total. The van der Waals surface area contributed by atoms with Gasteiger partial charge in [-0.05, 0) is 17.7 Å². The first-order chi connectivity index (χ1) is 8.77. The Labute approximate surface area is 106 Å². The maximum absolute atomic E-state index is 4.37. The molecule has 2 aromatic heterocycles. The minimum Gasteiger partial charge on any atom is -0.312 e. The quantitative estimate of drug-likeness (QED) is 0.868. The van der Waals surface area contributed by atoms with Gasteiger partial charge in [0.25, 0.3) is 0 Å². The summed E-state index contributed by atoms with van der Waals surface area (Å²) in [6, 6.07) is 4.18. The molecule has 1 aliphatic heterocycles. The lowest BCUT2D eigenvalue weighted by atomic mass is 10.1. The van der Waals surface area contributed by atoms with Crippen LogP contribution in [0.15, 0.2) is 24.5 Å². The van der Waals surface area contributed by atoms with Crippen LogP contribution in [0.25, 0.3) is 0 Å². The molecular formula is C13H17N5. The molecule has 5 heteroatoms. The lowest BCUT2D eigenvalue weighted by Crippen LogP contribution is -2.35. The number of fused-ring (bicyclic) bond motifs is 1. The van der Waals surface area contributed by atoms with Crippen LogP contribution in [0, 0.1) is 0 Å². The van der Waals surface area contributed by atoms with Gasteiger partial charge in [-0.1, -0.05) is 13.8 Å². The zero-order valence-corrected chi connectivity index (χ0v) is 10.7. The minimum atomic E-state index is 0.127. The Morgan fingerprint density at radius 1 is 1.28 bits per heavy atom. The van der Waals surface area contributed by atoms with Gasteiger partial charge in [0, 0.05) is 31.4 Å². The van der Waals surface area contributed by atoms with E-state index in [2.05, 4.69) is 38.9 Å². The predicted octanol–water partition coefficient (Wildman–Crippen LogP) is 1.49. The number of pyridine rings is 1. The molecule has 2 aromatic rings. The molecule has 5 nitrogen and oxygen atoms in total. The third-order valence-electron chi connectivity index (χ3n) is 3.31. The first-order valence-electron chi connectivity index (χ1n) is 6.33. The second kappa shape index (κ2) is 4.49. The molecule has 0 amide bonds. The molecule has 0 aromatic carbocycles. The summed E-state index contributed by atoms with van der Waals surface area (Å²) in [5.41, 5.74) is 1.19. The molecule has 94 valence electrons. The highest BCUT2D eigenvalue weighted by atomic mass is 15.3. The van der Waals surface area contributed by atoms with E-state index in [9.17, 15) is 0 Å². The predicted molar refractivity (Wildman–Crippen MR) is 68.2 cm³/mol. The van der Waals surface area contributed by atoms with Crippen molar-refractivity contribution in [1.29, 1.82) is 0 Å². The van der Waals surface area contributed by atoms with E-state index in [-0.39, 0.29) is 6.04 Å². The van der Waals surface area contributed by atoms with E-state index in [0.717, 1.165) is 24.7 Å². The van der Waals surface area contributed by atoms with Crippen LogP contribution in [-0.4, -0.2) is 26.3 Å². The van der Waals surface area contributed by atoms with Gasteiger partial charge in [-0.3, -0.25) is 4.98 Å². The fourth-order valence-electron chi connectivity index (χ4n) is 2.43. The molecule has 1 aliphatic rings. The van der Waals surface area contributed by atoms with E-state index in [4.69, 9.17) is 0 Å².